The van der Waals surface area contributed by atoms with Crippen LogP contribution in [0.4, 0.5) is 5.69 Å². The van der Waals surface area contributed by atoms with E-state index in [2.05, 4.69) is 57.4 Å². The summed E-state index contributed by atoms with van der Waals surface area (Å²) in [5, 5.41) is 12.1. The van der Waals surface area contributed by atoms with Crippen molar-refractivity contribution in [2.75, 3.05) is 44.2 Å². The minimum atomic E-state index is -0.105. The molecule has 9 heteroatoms. The molecule has 5 rings (SSSR count). The number of hydrogen-bond acceptors (Lipinski definition) is 6. The summed E-state index contributed by atoms with van der Waals surface area (Å²) in [4.78, 5) is 30.1. The number of nitrogens with one attached hydrogen (secondary N) is 1. The number of carbonyl (C=O) groups is 1. The molecule has 194 valence electrons. The molecule has 1 N–H and O–H groups in total. The molecule has 2 aromatic heterocycles. The summed E-state index contributed by atoms with van der Waals surface area (Å²) >= 11 is 0. The molecule has 1 aliphatic heterocycles. The Morgan fingerprint density at radius 1 is 1.03 bits per heavy atom. The highest BCUT2D eigenvalue weighted by Gasteiger charge is 2.19. The molecule has 9 nitrogen and oxygen atoms in total. The largest absolute Gasteiger partial charge is 0.369 e. The molecule has 2 aromatic carbocycles. The second-order valence-corrected chi connectivity index (χ2v) is 9.96. The lowest BCUT2D eigenvalue weighted by Gasteiger charge is -2.37. The third kappa shape index (κ3) is 5.22. The van der Waals surface area contributed by atoms with Gasteiger partial charge in [0.15, 0.2) is 0 Å². The van der Waals surface area contributed by atoms with Crippen LogP contribution in [0, 0.1) is 13.8 Å². The van der Waals surface area contributed by atoms with Gasteiger partial charge in [-0.2, -0.15) is 0 Å². The van der Waals surface area contributed by atoms with Crippen molar-refractivity contribution in [1.29, 1.82) is 0 Å². The van der Waals surface area contributed by atoms with Gasteiger partial charge >= 0.3 is 0 Å². The fraction of sp³-hybridized carbons (Fsp3) is 0.429. The van der Waals surface area contributed by atoms with E-state index in [0.717, 1.165) is 44.7 Å². The van der Waals surface area contributed by atoms with Crippen LogP contribution >= 0.6 is 0 Å². The van der Waals surface area contributed by atoms with Gasteiger partial charge in [-0.15, -0.1) is 10.2 Å². The SMILES string of the molecule is Cc1ccc(C)c(N2CCN(CCCNC(=O)CCc3nnc4n(C)c(=O)c5ccccc5n34)CC2)c1. The predicted molar refractivity (Wildman–Crippen MR) is 146 cm³/mol. The Labute approximate surface area is 216 Å². The van der Waals surface area contributed by atoms with Gasteiger partial charge in [-0.1, -0.05) is 24.3 Å². The Morgan fingerprint density at radius 2 is 1.81 bits per heavy atom. The zero-order valence-corrected chi connectivity index (χ0v) is 21.9. The van der Waals surface area contributed by atoms with Crippen LogP contribution in [-0.4, -0.2) is 69.2 Å². The second-order valence-electron chi connectivity index (χ2n) is 9.96. The number of nitrogens with zero attached hydrogens (tertiary/aromatic N) is 6. The van der Waals surface area contributed by atoms with Gasteiger partial charge in [0.25, 0.3) is 5.56 Å². The van der Waals surface area contributed by atoms with E-state index in [4.69, 9.17) is 0 Å². The zero-order valence-electron chi connectivity index (χ0n) is 21.9. The zero-order chi connectivity index (χ0) is 25.9. The maximum atomic E-state index is 12.6. The molecule has 1 saturated heterocycles. The van der Waals surface area contributed by atoms with Crippen LogP contribution < -0.4 is 15.8 Å². The number of fused-ring (bicyclic) bond motifs is 3. The Morgan fingerprint density at radius 3 is 2.62 bits per heavy atom. The lowest BCUT2D eigenvalue weighted by molar-refractivity contribution is -0.121. The van der Waals surface area contributed by atoms with E-state index >= 15 is 0 Å². The van der Waals surface area contributed by atoms with Gasteiger partial charge in [-0.05, 0) is 56.1 Å². The van der Waals surface area contributed by atoms with E-state index in [1.54, 1.807) is 13.1 Å². The van der Waals surface area contributed by atoms with Gasteiger partial charge in [0.1, 0.15) is 5.82 Å². The maximum absolute atomic E-state index is 12.6. The Kier molecular flexibility index (Phi) is 7.23. The van der Waals surface area contributed by atoms with Crippen LogP contribution in [-0.2, 0) is 18.3 Å². The molecule has 0 saturated carbocycles. The number of carbonyl (C=O) groups excluding carboxylic acids is 1. The third-order valence-corrected chi connectivity index (χ3v) is 7.32. The van der Waals surface area contributed by atoms with Crippen molar-refractivity contribution in [1.82, 2.24) is 29.4 Å². The van der Waals surface area contributed by atoms with Crippen LogP contribution in [0.2, 0.25) is 0 Å². The van der Waals surface area contributed by atoms with Crippen LogP contribution in [0.3, 0.4) is 0 Å². The van der Waals surface area contributed by atoms with Gasteiger partial charge in [-0.25, -0.2) is 0 Å². The van der Waals surface area contributed by atoms with E-state index in [1.165, 1.54) is 21.4 Å². The van der Waals surface area contributed by atoms with Gasteiger partial charge in [0.2, 0.25) is 11.7 Å². The number of benzene rings is 2. The Balaban J connectivity index is 1.08. The average molecular weight is 502 g/mol. The minimum absolute atomic E-state index is 0.00520. The molecule has 0 aliphatic carbocycles. The Bertz CT molecular complexity index is 1480. The number of aryl methyl sites for hydroxylation is 4. The quantitative estimate of drug-likeness (QED) is 0.373. The van der Waals surface area contributed by atoms with Crippen molar-refractivity contribution < 1.29 is 4.79 Å². The lowest BCUT2D eigenvalue weighted by Crippen LogP contribution is -2.47. The molecule has 0 bridgehead atoms. The summed E-state index contributed by atoms with van der Waals surface area (Å²) in [5.74, 6) is 1.17. The summed E-state index contributed by atoms with van der Waals surface area (Å²) in [7, 11) is 1.69. The van der Waals surface area contributed by atoms with E-state index in [9.17, 15) is 9.59 Å². The molecule has 4 aromatic rings. The van der Waals surface area contributed by atoms with Gasteiger partial charge in [-0.3, -0.25) is 23.5 Å². The van der Waals surface area contributed by atoms with Gasteiger partial charge in [0, 0.05) is 58.3 Å². The molecular formula is C28H35N7O2. The van der Waals surface area contributed by atoms with Crippen molar-refractivity contribution in [3.8, 4) is 0 Å². The highest BCUT2D eigenvalue weighted by Crippen LogP contribution is 2.23. The van der Waals surface area contributed by atoms with Crippen LogP contribution in [0.15, 0.2) is 47.3 Å². The fourth-order valence-electron chi connectivity index (χ4n) is 5.17. The molecule has 0 atom stereocenters. The first-order valence-corrected chi connectivity index (χ1v) is 13.1. The third-order valence-electron chi connectivity index (χ3n) is 7.32. The smallest absolute Gasteiger partial charge is 0.262 e. The Hall–Kier alpha value is -3.72. The topological polar surface area (TPSA) is 87.8 Å². The highest BCUT2D eigenvalue weighted by molar-refractivity contribution is 5.80. The van der Waals surface area contributed by atoms with Gasteiger partial charge < -0.3 is 10.2 Å². The molecule has 3 heterocycles. The molecule has 1 amide bonds. The fourth-order valence-corrected chi connectivity index (χ4v) is 5.17. The first-order chi connectivity index (χ1) is 17.9. The van der Waals surface area contributed by atoms with Crippen molar-refractivity contribution in [2.24, 2.45) is 7.05 Å². The van der Waals surface area contributed by atoms with Crippen molar-refractivity contribution in [2.45, 2.75) is 33.1 Å². The first-order valence-electron chi connectivity index (χ1n) is 13.1. The number of para-hydroxylation sites is 1. The highest BCUT2D eigenvalue weighted by atomic mass is 16.1. The summed E-state index contributed by atoms with van der Waals surface area (Å²) in [6, 6.07) is 14.1. The average Bonchev–Trinajstić information content (AvgIpc) is 3.35. The molecule has 0 spiro atoms. The number of aromatic nitrogens is 4. The van der Waals surface area contributed by atoms with Crippen LogP contribution in [0.25, 0.3) is 16.7 Å². The summed E-state index contributed by atoms with van der Waals surface area (Å²) in [5.41, 5.74) is 4.64. The first kappa shape index (κ1) is 25.0. The molecule has 37 heavy (non-hydrogen) atoms. The van der Waals surface area contributed by atoms with E-state index in [0.29, 0.717) is 36.4 Å². The molecule has 0 radical (unpaired) electrons. The number of hydrogen-bond donors (Lipinski definition) is 1. The number of rotatable bonds is 8. The normalized spacial score (nSPS) is 14.5. The lowest BCUT2D eigenvalue weighted by atomic mass is 10.1. The summed E-state index contributed by atoms with van der Waals surface area (Å²) in [6.45, 7) is 10.1. The second kappa shape index (κ2) is 10.7. The molecule has 1 aliphatic rings. The number of piperazine rings is 1. The monoisotopic (exact) mass is 501 g/mol. The van der Waals surface area contributed by atoms with Crippen molar-refractivity contribution in [3.05, 3.63) is 69.8 Å². The maximum Gasteiger partial charge on any atom is 0.262 e. The standard InChI is InChI=1S/C28H35N7O2/c1-20-9-10-21(2)24(19-20)34-17-15-33(16-18-34)14-6-13-29-26(36)12-11-25-30-31-28-32(3)27(37)22-7-4-5-8-23(22)35(25)28/h4-5,7-10,19H,6,11-18H2,1-3H3,(H,29,36). The molecule has 1 fully saturated rings. The minimum Gasteiger partial charge on any atom is -0.369 e. The molecular weight excluding hydrogens is 466 g/mol. The van der Waals surface area contributed by atoms with Crippen molar-refractivity contribution in [3.63, 3.8) is 0 Å². The number of amides is 1. The van der Waals surface area contributed by atoms with Crippen molar-refractivity contribution >= 4 is 28.3 Å². The predicted octanol–water partition coefficient (Wildman–Crippen LogP) is 2.46. The van der Waals surface area contributed by atoms with Crippen LogP contribution in [0.5, 0.6) is 0 Å². The number of anilines is 1. The van der Waals surface area contributed by atoms with E-state index < -0.39 is 0 Å². The van der Waals surface area contributed by atoms with E-state index in [1.807, 2.05) is 22.6 Å². The summed E-state index contributed by atoms with van der Waals surface area (Å²) in [6.07, 6.45) is 1.71. The molecule has 0 unspecified atom stereocenters. The van der Waals surface area contributed by atoms with E-state index in [-0.39, 0.29) is 11.5 Å². The van der Waals surface area contributed by atoms with Crippen LogP contribution in [0.1, 0.15) is 29.8 Å². The summed E-state index contributed by atoms with van der Waals surface area (Å²) < 4.78 is 3.38. The van der Waals surface area contributed by atoms with Gasteiger partial charge in [0.05, 0.1) is 10.9 Å².